The molecule has 4 rings (SSSR count). The van der Waals surface area contributed by atoms with Crippen LogP contribution < -0.4 is 9.64 Å². The van der Waals surface area contributed by atoms with E-state index < -0.39 is 26.3 Å². The molecule has 1 heterocycles. The van der Waals surface area contributed by atoms with Gasteiger partial charge in [0.05, 0.1) is 17.7 Å². The van der Waals surface area contributed by atoms with Gasteiger partial charge in [-0.25, -0.2) is 12.8 Å². The maximum atomic E-state index is 14.0. The molecule has 1 aliphatic rings. The lowest BCUT2D eigenvalue weighted by Crippen LogP contribution is -2.26. The summed E-state index contributed by atoms with van der Waals surface area (Å²) in [4.78, 5) is 14.1. The van der Waals surface area contributed by atoms with Gasteiger partial charge in [0.25, 0.3) is 0 Å². The molecular weight excluding hydrogens is 417 g/mol. The van der Waals surface area contributed by atoms with E-state index in [9.17, 15) is 17.6 Å². The van der Waals surface area contributed by atoms with Gasteiger partial charge in [-0.2, -0.15) is 0 Å². The van der Waals surface area contributed by atoms with Crippen molar-refractivity contribution in [2.24, 2.45) is 0 Å². The van der Waals surface area contributed by atoms with Crippen molar-refractivity contribution in [1.82, 2.24) is 0 Å². The number of allylic oxidation sites excluding steroid dienone is 1. The Kier molecular flexibility index (Phi) is 5.37. The molecule has 0 N–H and O–H groups in total. The number of hydrogen-bond donors (Lipinski definition) is 0. The van der Waals surface area contributed by atoms with Crippen molar-refractivity contribution in [2.45, 2.75) is 18.2 Å². The second-order valence-electron chi connectivity index (χ2n) is 7.06. The lowest BCUT2D eigenvalue weighted by molar-refractivity contribution is 0.104. The number of ketones is 1. The van der Waals surface area contributed by atoms with Crippen LogP contribution in [0.5, 0.6) is 5.75 Å². The van der Waals surface area contributed by atoms with Gasteiger partial charge >= 0.3 is 0 Å². The van der Waals surface area contributed by atoms with E-state index in [0.29, 0.717) is 11.4 Å². The van der Waals surface area contributed by atoms with Gasteiger partial charge in [0.1, 0.15) is 16.5 Å². The standard InChI is InChI=1S/C24H20FNO4S/c1-3-16-7-9-17(10-8-16)24(27)23-15-26(19-5-4-6-20(14-19)30-2)21-12-11-18(25)13-22(21)31(23,28)29/h4-15H,3H2,1-2H3. The van der Waals surface area contributed by atoms with E-state index in [2.05, 4.69) is 0 Å². The second kappa shape index (κ2) is 8.00. The highest BCUT2D eigenvalue weighted by molar-refractivity contribution is 7.96. The quantitative estimate of drug-likeness (QED) is 0.523. The number of benzene rings is 3. The number of carbonyl (C=O) groups is 1. The Morgan fingerprint density at radius 2 is 1.77 bits per heavy atom. The van der Waals surface area contributed by atoms with Gasteiger partial charge in [0.15, 0.2) is 0 Å². The van der Waals surface area contributed by atoms with Crippen molar-refractivity contribution in [3.05, 3.63) is 94.8 Å². The molecule has 0 amide bonds. The summed E-state index contributed by atoms with van der Waals surface area (Å²) in [6.07, 6.45) is 2.09. The summed E-state index contributed by atoms with van der Waals surface area (Å²) >= 11 is 0. The Morgan fingerprint density at radius 3 is 2.45 bits per heavy atom. The summed E-state index contributed by atoms with van der Waals surface area (Å²) < 4.78 is 45.9. The van der Waals surface area contributed by atoms with E-state index >= 15 is 0 Å². The van der Waals surface area contributed by atoms with Crippen LogP contribution in [0.3, 0.4) is 0 Å². The van der Waals surface area contributed by atoms with Gasteiger partial charge in [-0.15, -0.1) is 0 Å². The highest BCUT2D eigenvalue weighted by Crippen LogP contribution is 2.41. The number of rotatable bonds is 5. The van der Waals surface area contributed by atoms with Crippen LogP contribution >= 0.6 is 0 Å². The van der Waals surface area contributed by atoms with Crippen LogP contribution in [-0.2, 0) is 16.3 Å². The minimum absolute atomic E-state index is 0.248. The van der Waals surface area contributed by atoms with Crippen LogP contribution in [-0.4, -0.2) is 21.3 Å². The highest BCUT2D eigenvalue weighted by atomic mass is 32.2. The average Bonchev–Trinajstić information content (AvgIpc) is 2.79. The predicted molar refractivity (Wildman–Crippen MR) is 117 cm³/mol. The molecule has 0 aromatic heterocycles. The number of Topliss-reactive ketones (excluding diaryl/α,β-unsaturated/α-hetero) is 1. The zero-order chi connectivity index (χ0) is 22.2. The molecular formula is C24H20FNO4S. The van der Waals surface area contributed by atoms with Crippen molar-refractivity contribution >= 4 is 27.0 Å². The van der Waals surface area contributed by atoms with E-state index in [-0.39, 0.29) is 16.1 Å². The molecule has 0 bridgehead atoms. The first-order chi connectivity index (χ1) is 14.8. The van der Waals surface area contributed by atoms with Crippen LogP contribution in [0.4, 0.5) is 15.8 Å². The van der Waals surface area contributed by atoms with Crippen LogP contribution in [0.15, 0.2) is 82.7 Å². The molecule has 0 atom stereocenters. The number of aryl methyl sites for hydroxylation is 1. The largest absolute Gasteiger partial charge is 0.497 e. The maximum absolute atomic E-state index is 14.0. The molecule has 7 heteroatoms. The lowest BCUT2D eigenvalue weighted by Gasteiger charge is -2.29. The van der Waals surface area contributed by atoms with Crippen molar-refractivity contribution < 1.29 is 22.3 Å². The molecule has 0 saturated heterocycles. The van der Waals surface area contributed by atoms with Crippen LogP contribution in [0.1, 0.15) is 22.8 Å². The third-order valence-corrected chi connectivity index (χ3v) is 6.96. The molecule has 0 saturated carbocycles. The number of anilines is 2. The van der Waals surface area contributed by atoms with Gasteiger partial charge in [0.2, 0.25) is 15.6 Å². The summed E-state index contributed by atoms with van der Waals surface area (Å²) in [5.74, 6) is -0.787. The first-order valence-electron chi connectivity index (χ1n) is 9.68. The smallest absolute Gasteiger partial charge is 0.214 e. The maximum Gasteiger partial charge on any atom is 0.214 e. The zero-order valence-corrected chi connectivity index (χ0v) is 17.8. The van der Waals surface area contributed by atoms with Crippen LogP contribution in [0.2, 0.25) is 0 Å². The molecule has 0 fully saturated rings. The Bertz CT molecular complexity index is 1300. The Morgan fingerprint density at radius 1 is 1.03 bits per heavy atom. The van der Waals surface area contributed by atoms with Gasteiger partial charge in [-0.05, 0) is 42.3 Å². The molecule has 0 radical (unpaired) electrons. The molecule has 3 aromatic carbocycles. The topological polar surface area (TPSA) is 63.7 Å². The van der Waals surface area contributed by atoms with Crippen molar-refractivity contribution in [3.63, 3.8) is 0 Å². The predicted octanol–water partition coefficient (Wildman–Crippen LogP) is 5.05. The third kappa shape index (κ3) is 3.72. The van der Waals surface area contributed by atoms with E-state index in [1.807, 2.05) is 6.92 Å². The van der Waals surface area contributed by atoms with Gasteiger partial charge < -0.3 is 9.64 Å². The molecule has 3 aromatic rings. The first kappa shape index (κ1) is 20.8. The molecule has 0 unspecified atom stereocenters. The Balaban J connectivity index is 1.90. The Hall–Kier alpha value is -3.45. The summed E-state index contributed by atoms with van der Waals surface area (Å²) in [5, 5.41) is 0. The fourth-order valence-corrected chi connectivity index (χ4v) is 5.02. The number of methoxy groups -OCH3 is 1. The molecule has 0 spiro atoms. The SMILES string of the molecule is CCc1ccc(C(=O)C2=CN(c3cccc(OC)c3)c3ccc(F)cc3S2(=O)=O)cc1. The van der Waals surface area contributed by atoms with E-state index in [1.54, 1.807) is 53.4 Å². The Labute approximate surface area is 180 Å². The first-order valence-corrected chi connectivity index (χ1v) is 11.2. The zero-order valence-electron chi connectivity index (χ0n) is 17.0. The molecule has 1 aliphatic heterocycles. The van der Waals surface area contributed by atoms with E-state index in [1.165, 1.54) is 25.4 Å². The number of carbonyl (C=O) groups excluding carboxylic acids is 1. The molecule has 5 nitrogen and oxygen atoms in total. The van der Waals surface area contributed by atoms with Crippen molar-refractivity contribution in [1.29, 1.82) is 0 Å². The second-order valence-corrected chi connectivity index (χ2v) is 8.95. The monoisotopic (exact) mass is 437 g/mol. The van der Waals surface area contributed by atoms with E-state index in [0.717, 1.165) is 18.1 Å². The molecule has 158 valence electrons. The van der Waals surface area contributed by atoms with Gasteiger partial charge in [-0.1, -0.05) is 37.3 Å². The minimum Gasteiger partial charge on any atom is -0.497 e. The number of fused-ring (bicyclic) bond motifs is 1. The normalized spacial score (nSPS) is 14.5. The number of hydrogen-bond acceptors (Lipinski definition) is 5. The fourth-order valence-electron chi connectivity index (χ4n) is 3.47. The summed E-state index contributed by atoms with van der Waals surface area (Å²) in [5.41, 5.74) is 2.11. The average molecular weight is 437 g/mol. The summed E-state index contributed by atoms with van der Waals surface area (Å²) in [6.45, 7) is 1.99. The molecule has 0 aliphatic carbocycles. The molecule has 31 heavy (non-hydrogen) atoms. The fraction of sp³-hybridized carbons (Fsp3) is 0.125. The number of sulfone groups is 1. The lowest BCUT2D eigenvalue weighted by atomic mass is 10.1. The number of ether oxygens (including phenoxy) is 1. The van der Waals surface area contributed by atoms with E-state index in [4.69, 9.17) is 4.74 Å². The van der Waals surface area contributed by atoms with Crippen LogP contribution in [0.25, 0.3) is 0 Å². The highest BCUT2D eigenvalue weighted by Gasteiger charge is 2.36. The van der Waals surface area contributed by atoms with Gasteiger partial charge in [-0.3, -0.25) is 4.79 Å². The summed E-state index contributed by atoms with van der Waals surface area (Å²) in [6, 6.07) is 17.3. The van der Waals surface area contributed by atoms with Crippen molar-refractivity contribution in [3.8, 4) is 5.75 Å². The number of halogens is 1. The van der Waals surface area contributed by atoms with Gasteiger partial charge in [0, 0.05) is 23.5 Å². The van der Waals surface area contributed by atoms with Crippen LogP contribution in [0, 0.1) is 5.82 Å². The number of nitrogens with zero attached hydrogens (tertiary/aromatic N) is 1. The summed E-state index contributed by atoms with van der Waals surface area (Å²) in [7, 11) is -2.70. The third-order valence-electron chi connectivity index (χ3n) is 5.19. The minimum atomic E-state index is -4.23. The van der Waals surface area contributed by atoms with Crippen molar-refractivity contribution in [2.75, 3.05) is 12.0 Å².